The molecule has 1 aromatic rings. The second kappa shape index (κ2) is 5.85. The lowest BCUT2D eigenvalue weighted by molar-refractivity contribution is -0.123. The van der Waals surface area contributed by atoms with Gasteiger partial charge in [-0.15, -0.1) is 0 Å². The number of nitrogens with one attached hydrogen (secondary N) is 1. The molecule has 0 saturated heterocycles. The molecule has 98 valence electrons. The highest BCUT2D eigenvalue weighted by atomic mass is 79.9. The van der Waals surface area contributed by atoms with Crippen molar-refractivity contribution in [1.82, 2.24) is 5.32 Å². The highest BCUT2D eigenvalue weighted by Gasteiger charge is 2.30. The fourth-order valence-corrected chi connectivity index (χ4v) is 2.47. The summed E-state index contributed by atoms with van der Waals surface area (Å²) < 4.78 is 1.05. The van der Waals surface area contributed by atoms with Crippen molar-refractivity contribution >= 4 is 21.8 Å². The fraction of sp³-hybridized carbons (Fsp3) is 0.500. The van der Waals surface area contributed by atoms with Crippen LogP contribution in [0.2, 0.25) is 0 Å². The van der Waals surface area contributed by atoms with Gasteiger partial charge in [0.25, 0.3) is 0 Å². The number of benzene rings is 1. The van der Waals surface area contributed by atoms with Crippen LogP contribution in [0.4, 0.5) is 0 Å². The minimum Gasteiger partial charge on any atom is -0.348 e. The largest absolute Gasteiger partial charge is 0.348 e. The Morgan fingerprint density at radius 3 is 2.44 bits per heavy atom. The Labute approximate surface area is 116 Å². The van der Waals surface area contributed by atoms with Gasteiger partial charge < -0.3 is 11.1 Å². The number of hydrogen-bond donors (Lipinski definition) is 2. The van der Waals surface area contributed by atoms with E-state index in [4.69, 9.17) is 5.73 Å². The van der Waals surface area contributed by atoms with Crippen LogP contribution < -0.4 is 11.1 Å². The summed E-state index contributed by atoms with van der Waals surface area (Å²) in [6.07, 6.45) is 3.62. The molecule has 1 saturated carbocycles. The molecule has 1 amide bonds. The van der Waals surface area contributed by atoms with E-state index in [1.54, 1.807) is 6.92 Å². The normalized spacial score (nSPS) is 18.8. The molecule has 1 fully saturated rings. The third-order valence-electron chi connectivity index (χ3n) is 3.56. The number of amides is 1. The molecule has 18 heavy (non-hydrogen) atoms. The van der Waals surface area contributed by atoms with Crippen molar-refractivity contribution in [1.29, 1.82) is 0 Å². The van der Waals surface area contributed by atoms with Crippen LogP contribution in [0.3, 0.4) is 0 Å². The van der Waals surface area contributed by atoms with Crippen molar-refractivity contribution in [2.24, 2.45) is 11.7 Å². The number of hydrogen-bond acceptors (Lipinski definition) is 2. The van der Waals surface area contributed by atoms with Crippen LogP contribution in [0.15, 0.2) is 28.7 Å². The van der Waals surface area contributed by atoms with E-state index in [0.29, 0.717) is 5.92 Å². The quantitative estimate of drug-likeness (QED) is 0.898. The standard InChI is InChI=1S/C14H19BrN2O/c1-9(16)14(18)17-13(10-3-2-4-10)11-5-7-12(15)8-6-11/h5-10,13H,2-4,16H2,1H3,(H,17,18)/t9-,13?/m1/s1. The van der Waals surface area contributed by atoms with Gasteiger partial charge in [-0.3, -0.25) is 4.79 Å². The Balaban J connectivity index is 2.14. The van der Waals surface area contributed by atoms with Crippen LogP contribution in [0.1, 0.15) is 37.8 Å². The predicted molar refractivity (Wildman–Crippen MR) is 76.0 cm³/mol. The first-order valence-corrected chi connectivity index (χ1v) is 7.18. The van der Waals surface area contributed by atoms with E-state index in [1.807, 2.05) is 12.1 Å². The summed E-state index contributed by atoms with van der Waals surface area (Å²) >= 11 is 3.43. The summed E-state index contributed by atoms with van der Waals surface area (Å²) in [5.41, 5.74) is 6.79. The fourth-order valence-electron chi connectivity index (χ4n) is 2.20. The molecule has 4 heteroatoms. The average molecular weight is 311 g/mol. The lowest BCUT2D eigenvalue weighted by Crippen LogP contribution is -2.43. The zero-order valence-electron chi connectivity index (χ0n) is 10.5. The minimum atomic E-state index is -0.456. The van der Waals surface area contributed by atoms with Gasteiger partial charge in [0.1, 0.15) is 0 Å². The lowest BCUT2D eigenvalue weighted by atomic mass is 9.77. The molecule has 0 aromatic heterocycles. The molecule has 1 unspecified atom stereocenters. The maximum absolute atomic E-state index is 11.8. The van der Waals surface area contributed by atoms with Crippen LogP contribution in [-0.4, -0.2) is 11.9 Å². The summed E-state index contributed by atoms with van der Waals surface area (Å²) in [6.45, 7) is 1.72. The van der Waals surface area contributed by atoms with Crippen molar-refractivity contribution in [3.8, 4) is 0 Å². The zero-order valence-corrected chi connectivity index (χ0v) is 12.1. The van der Waals surface area contributed by atoms with Crippen LogP contribution in [-0.2, 0) is 4.79 Å². The topological polar surface area (TPSA) is 55.1 Å². The van der Waals surface area contributed by atoms with Gasteiger partial charge >= 0.3 is 0 Å². The minimum absolute atomic E-state index is 0.0742. The smallest absolute Gasteiger partial charge is 0.237 e. The summed E-state index contributed by atoms with van der Waals surface area (Å²) in [5, 5.41) is 3.07. The lowest BCUT2D eigenvalue weighted by Gasteiger charge is -2.35. The molecule has 2 rings (SSSR count). The molecule has 0 heterocycles. The van der Waals surface area contributed by atoms with E-state index in [0.717, 1.165) is 10.0 Å². The first kappa shape index (κ1) is 13.6. The van der Waals surface area contributed by atoms with Gasteiger partial charge in [-0.25, -0.2) is 0 Å². The van der Waals surface area contributed by atoms with Gasteiger partial charge in [0.15, 0.2) is 0 Å². The molecule has 0 radical (unpaired) electrons. The van der Waals surface area contributed by atoms with E-state index in [1.165, 1.54) is 19.3 Å². The summed E-state index contributed by atoms with van der Waals surface area (Å²) in [4.78, 5) is 11.8. The molecule has 1 aromatic carbocycles. The summed E-state index contributed by atoms with van der Waals surface area (Å²) in [5.74, 6) is 0.476. The Morgan fingerprint density at radius 1 is 1.39 bits per heavy atom. The van der Waals surface area contributed by atoms with Gasteiger partial charge in [-0.05, 0) is 43.4 Å². The monoisotopic (exact) mass is 310 g/mol. The molecular weight excluding hydrogens is 292 g/mol. The number of nitrogens with two attached hydrogens (primary N) is 1. The van der Waals surface area contributed by atoms with Crippen molar-refractivity contribution in [2.75, 3.05) is 0 Å². The third-order valence-corrected chi connectivity index (χ3v) is 4.09. The number of rotatable bonds is 4. The number of carbonyl (C=O) groups excluding carboxylic acids is 1. The Kier molecular flexibility index (Phi) is 4.40. The average Bonchev–Trinajstić information content (AvgIpc) is 2.26. The van der Waals surface area contributed by atoms with Gasteiger partial charge in [0.05, 0.1) is 12.1 Å². The van der Waals surface area contributed by atoms with E-state index in [-0.39, 0.29) is 11.9 Å². The highest BCUT2D eigenvalue weighted by Crippen LogP contribution is 2.37. The van der Waals surface area contributed by atoms with Gasteiger partial charge in [0.2, 0.25) is 5.91 Å². The molecule has 3 nitrogen and oxygen atoms in total. The van der Waals surface area contributed by atoms with Crippen molar-refractivity contribution in [3.05, 3.63) is 34.3 Å². The van der Waals surface area contributed by atoms with Crippen molar-refractivity contribution < 1.29 is 4.79 Å². The second-order valence-electron chi connectivity index (χ2n) is 5.02. The molecule has 0 bridgehead atoms. The van der Waals surface area contributed by atoms with Crippen molar-refractivity contribution in [2.45, 2.75) is 38.3 Å². The molecule has 1 aliphatic carbocycles. The number of carbonyl (C=O) groups is 1. The zero-order chi connectivity index (χ0) is 13.1. The van der Waals surface area contributed by atoms with Gasteiger partial charge in [-0.2, -0.15) is 0 Å². The highest BCUT2D eigenvalue weighted by molar-refractivity contribution is 9.10. The first-order valence-electron chi connectivity index (χ1n) is 6.39. The Bertz CT molecular complexity index is 412. The van der Waals surface area contributed by atoms with E-state index in [9.17, 15) is 4.79 Å². The van der Waals surface area contributed by atoms with E-state index < -0.39 is 6.04 Å². The van der Waals surface area contributed by atoms with Crippen LogP contribution >= 0.6 is 15.9 Å². The van der Waals surface area contributed by atoms with Crippen molar-refractivity contribution in [3.63, 3.8) is 0 Å². The van der Waals surface area contributed by atoms with Crippen LogP contribution in [0.5, 0.6) is 0 Å². The maximum atomic E-state index is 11.8. The Morgan fingerprint density at radius 2 is 2.00 bits per heavy atom. The Hall–Kier alpha value is -0.870. The molecule has 3 N–H and O–H groups in total. The summed E-state index contributed by atoms with van der Waals surface area (Å²) in [6, 6.07) is 7.80. The predicted octanol–water partition coefficient (Wildman–Crippen LogP) is 2.75. The molecule has 0 spiro atoms. The molecule has 1 aliphatic rings. The first-order chi connectivity index (χ1) is 8.58. The maximum Gasteiger partial charge on any atom is 0.237 e. The van der Waals surface area contributed by atoms with Crippen LogP contribution in [0.25, 0.3) is 0 Å². The van der Waals surface area contributed by atoms with E-state index >= 15 is 0 Å². The summed E-state index contributed by atoms with van der Waals surface area (Å²) in [7, 11) is 0. The SMILES string of the molecule is C[C@@H](N)C(=O)NC(c1ccc(Br)cc1)C1CCC1. The second-order valence-corrected chi connectivity index (χ2v) is 5.93. The number of halogens is 1. The van der Waals surface area contributed by atoms with Crippen LogP contribution in [0, 0.1) is 5.92 Å². The third kappa shape index (κ3) is 3.12. The van der Waals surface area contributed by atoms with E-state index in [2.05, 4.69) is 33.4 Å². The molecule has 2 atom stereocenters. The molecular formula is C14H19BrN2O. The van der Waals surface area contributed by atoms with Gasteiger partial charge in [-0.1, -0.05) is 34.5 Å². The molecule has 0 aliphatic heterocycles. The van der Waals surface area contributed by atoms with Gasteiger partial charge in [0, 0.05) is 4.47 Å².